The molecule has 1 aromatic heterocycles. The van der Waals surface area contributed by atoms with Gasteiger partial charge < -0.3 is 15.2 Å². The second-order valence-electron chi connectivity index (χ2n) is 4.96. The van der Waals surface area contributed by atoms with E-state index in [1.807, 2.05) is 30.3 Å². The predicted molar refractivity (Wildman–Crippen MR) is 75.4 cm³/mol. The van der Waals surface area contributed by atoms with E-state index in [1.165, 1.54) is 0 Å². The maximum atomic E-state index is 12.1. The number of carbonyl (C=O) groups is 2. The van der Waals surface area contributed by atoms with Gasteiger partial charge in [0.15, 0.2) is 11.5 Å². The van der Waals surface area contributed by atoms with Crippen molar-refractivity contribution in [3.8, 4) is 11.3 Å². The second kappa shape index (κ2) is 5.78. The van der Waals surface area contributed by atoms with Gasteiger partial charge in [-0.3, -0.25) is 9.59 Å². The van der Waals surface area contributed by atoms with Crippen molar-refractivity contribution in [2.75, 3.05) is 6.54 Å². The van der Waals surface area contributed by atoms with Crippen molar-refractivity contribution < 1.29 is 14.1 Å². The van der Waals surface area contributed by atoms with Crippen LogP contribution in [-0.2, 0) is 4.79 Å². The molecule has 2 N–H and O–H groups in total. The molecule has 2 aromatic rings. The Labute approximate surface area is 121 Å². The van der Waals surface area contributed by atoms with E-state index in [2.05, 4.69) is 15.8 Å². The van der Waals surface area contributed by atoms with Gasteiger partial charge in [0, 0.05) is 30.6 Å². The zero-order valence-corrected chi connectivity index (χ0v) is 11.3. The Morgan fingerprint density at radius 3 is 2.86 bits per heavy atom. The van der Waals surface area contributed by atoms with Gasteiger partial charge in [-0.15, -0.1) is 0 Å². The fourth-order valence-electron chi connectivity index (χ4n) is 2.24. The highest BCUT2D eigenvalue weighted by molar-refractivity contribution is 5.93. The first-order chi connectivity index (χ1) is 10.2. The lowest BCUT2D eigenvalue weighted by atomic mass is 10.1. The van der Waals surface area contributed by atoms with Crippen molar-refractivity contribution in [2.45, 2.75) is 18.9 Å². The maximum absolute atomic E-state index is 12.1. The summed E-state index contributed by atoms with van der Waals surface area (Å²) in [5.74, 6) is 0.285. The number of aromatic nitrogens is 1. The number of rotatable bonds is 3. The molecule has 0 bridgehead atoms. The van der Waals surface area contributed by atoms with Crippen LogP contribution < -0.4 is 10.6 Å². The van der Waals surface area contributed by atoms with Crippen LogP contribution in [0.15, 0.2) is 40.9 Å². The largest absolute Gasteiger partial charge is 0.355 e. The van der Waals surface area contributed by atoms with Crippen LogP contribution in [0.1, 0.15) is 23.3 Å². The van der Waals surface area contributed by atoms with Gasteiger partial charge >= 0.3 is 0 Å². The van der Waals surface area contributed by atoms with Gasteiger partial charge in [0.25, 0.3) is 5.91 Å². The lowest BCUT2D eigenvalue weighted by Gasteiger charge is -2.22. The molecule has 6 heteroatoms. The zero-order chi connectivity index (χ0) is 14.7. The second-order valence-corrected chi connectivity index (χ2v) is 4.96. The molecule has 1 aliphatic rings. The smallest absolute Gasteiger partial charge is 0.273 e. The van der Waals surface area contributed by atoms with Crippen molar-refractivity contribution in [2.24, 2.45) is 0 Å². The number of benzene rings is 1. The molecule has 6 nitrogen and oxygen atoms in total. The van der Waals surface area contributed by atoms with Crippen molar-refractivity contribution >= 4 is 11.8 Å². The molecule has 2 heterocycles. The van der Waals surface area contributed by atoms with Crippen molar-refractivity contribution in [3.05, 3.63) is 42.1 Å². The Kier molecular flexibility index (Phi) is 3.68. The summed E-state index contributed by atoms with van der Waals surface area (Å²) in [5.41, 5.74) is 1.11. The van der Waals surface area contributed by atoms with Crippen LogP contribution in [-0.4, -0.2) is 29.6 Å². The molecule has 21 heavy (non-hydrogen) atoms. The molecule has 2 amide bonds. The van der Waals surface area contributed by atoms with Gasteiger partial charge in [-0.2, -0.15) is 0 Å². The summed E-state index contributed by atoms with van der Waals surface area (Å²) in [6.07, 6.45) is 1.07. The van der Waals surface area contributed by atoms with Crippen molar-refractivity contribution in [3.63, 3.8) is 0 Å². The number of carbonyl (C=O) groups excluding carboxylic acids is 2. The molecule has 0 aliphatic carbocycles. The van der Waals surface area contributed by atoms with E-state index in [9.17, 15) is 9.59 Å². The van der Waals surface area contributed by atoms with E-state index in [1.54, 1.807) is 6.07 Å². The first-order valence-corrected chi connectivity index (χ1v) is 6.82. The van der Waals surface area contributed by atoms with Gasteiger partial charge in [-0.05, 0) is 6.42 Å². The SMILES string of the molecule is O=C1CCC(NC(=O)c2cc(-c3ccccc3)on2)CN1. The average Bonchev–Trinajstić information content (AvgIpc) is 3.00. The monoisotopic (exact) mass is 285 g/mol. The van der Waals surface area contributed by atoms with Crippen molar-refractivity contribution in [1.29, 1.82) is 0 Å². The fraction of sp³-hybridized carbons (Fsp3) is 0.267. The minimum Gasteiger partial charge on any atom is -0.355 e. The predicted octanol–water partition coefficient (Wildman–Crippen LogP) is 1.35. The maximum Gasteiger partial charge on any atom is 0.273 e. The topological polar surface area (TPSA) is 84.2 Å². The number of amides is 2. The van der Waals surface area contributed by atoms with E-state index in [0.717, 1.165) is 5.56 Å². The highest BCUT2D eigenvalue weighted by atomic mass is 16.5. The molecule has 1 aromatic carbocycles. The molecule has 1 atom stereocenters. The Hall–Kier alpha value is -2.63. The third-order valence-corrected chi connectivity index (χ3v) is 3.40. The standard InChI is InChI=1S/C15H15N3O3/c19-14-7-6-11(9-16-14)17-15(20)12-8-13(21-18-12)10-4-2-1-3-5-10/h1-5,8,11H,6-7,9H2,(H,16,19)(H,17,20). The summed E-state index contributed by atoms with van der Waals surface area (Å²) in [6.45, 7) is 0.452. The van der Waals surface area contributed by atoms with E-state index in [-0.39, 0.29) is 23.6 Å². The summed E-state index contributed by atoms with van der Waals surface area (Å²) in [5, 5.41) is 9.37. The van der Waals surface area contributed by atoms with E-state index < -0.39 is 0 Å². The molecule has 0 saturated carbocycles. The quantitative estimate of drug-likeness (QED) is 0.891. The molecule has 1 fully saturated rings. The molecule has 1 unspecified atom stereocenters. The summed E-state index contributed by atoms with van der Waals surface area (Å²) in [6, 6.07) is 11.0. The minimum atomic E-state index is -0.290. The van der Waals surface area contributed by atoms with Gasteiger partial charge in [-0.1, -0.05) is 35.5 Å². The van der Waals surface area contributed by atoms with Crippen LogP contribution in [0.5, 0.6) is 0 Å². The van der Waals surface area contributed by atoms with Gasteiger partial charge in [0.05, 0.1) is 0 Å². The first-order valence-electron chi connectivity index (χ1n) is 6.82. The summed E-state index contributed by atoms with van der Waals surface area (Å²) < 4.78 is 5.20. The zero-order valence-electron chi connectivity index (χ0n) is 11.3. The highest BCUT2D eigenvalue weighted by Crippen LogP contribution is 2.19. The molecule has 108 valence electrons. The molecule has 0 spiro atoms. The van der Waals surface area contributed by atoms with Crippen LogP contribution in [0.3, 0.4) is 0 Å². The van der Waals surface area contributed by atoms with Crippen LogP contribution in [0.2, 0.25) is 0 Å². The molecular formula is C15H15N3O3. The molecule has 0 radical (unpaired) electrons. The number of nitrogens with one attached hydrogen (secondary N) is 2. The third-order valence-electron chi connectivity index (χ3n) is 3.40. The third kappa shape index (κ3) is 3.10. The Morgan fingerprint density at radius 1 is 1.33 bits per heavy atom. The van der Waals surface area contributed by atoms with Crippen LogP contribution in [0, 0.1) is 0 Å². The molecule has 1 aliphatic heterocycles. The van der Waals surface area contributed by atoms with E-state index >= 15 is 0 Å². The van der Waals surface area contributed by atoms with Crippen LogP contribution in [0.25, 0.3) is 11.3 Å². The average molecular weight is 285 g/mol. The Morgan fingerprint density at radius 2 is 2.14 bits per heavy atom. The number of hydrogen-bond donors (Lipinski definition) is 2. The Bertz CT molecular complexity index is 641. The van der Waals surface area contributed by atoms with Crippen LogP contribution in [0.4, 0.5) is 0 Å². The van der Waals surface area contributed by atoms with Crippen LogP contribution >= 0.6 is 0 Å². The highest BCUT2D eigenvalue weighted by Gasteiger charge is 2.22. The lowest BCUT2D eigenvalue weighted by Crippen LogP contribution is -2.47. The van der Waals surface area contributed by atoms with E-state index in [4.69, 9.17) is 4.52 Å². The van der Waals surface area contributed by atoms with Gasteiger partial charge in [0.1, 0.15) is 0 Å². The minimum absolute atomic E-state index is 0.0216. The number of piperidine rings is 1. The first kappa shape index (κ1) is 13.4. The summed E-state index contributed by atoms with van der Waals surface area (Å²) in [7, 11) is 0. The summed E-state index contributed by atoms with van der Waals surface area (Å²) in [4.78, 5) is 23.2. The Balaban J connectivity index is 1.66. The van der Waals surface area contributed by atoms with E-state index in [0.29, 0.717) is 25.1 Å². The molecular weight excluding hydrogens is 270 g/mol. The fourth-order valence-corrected chi connectivity index (χ4v) is 2.24. The summed E-state index contributed by atoms with van der Waals surface area (Å²) >= 11 is 0. The molecule has 1 saturated heterocycles. The lowest BCUT2D eigenvalue weighted by molar-refractivity contribution is -0.122. The normalized spacial score (nSPS) is 18.1. The number of hydrogen-bond acceptors (Lipinski definition) is 4. The number of nitrogens with zero attached hydrogens (tertiary/aromatic N) is 1. The van der Waals surface area contributed by atoms with Gasteiger partial charge in [0.2, 0.25) is 5.91 Å². The van der Waals surface area contributed by atoms with Gasteiger partial charge in [-0.25, -0.2) is 0 Å². The van der Waals surface area contributed by atoms with Crippen molar-refractivity contribution in [1.82, 2.24) is 15.8 Å². The molecule has 3 rings (SSSR count).